The van der Waals surface area contributed by atoms with Crippen molar-refractivity contribution in [3.8, 4) is 5.75 Å². The van der Waals surface area contributed by atoms with Gasteiger partial charge in [-0.15, -0.1) is 13.2 Å². The highest BCUT2D eigenvalue weighted by Gasteiger charge is 2.37. The molecule has 2 aliphatic rings. The van der Waals surface area contributed by atoms with Gasteiger partial charge in [-0.05, 0) is 102 Å². The molecule has 0 radical (unpaired) electrons. The second kappa shape index (κ2) is 10.3. The van der Waals surface area contributed by atoms with E-state index < -0.39 is 23.0 Å². The van der Waals surface area contributed by atoms with Gasteiger partial charge < -0.3 is 15.0 Å². The fourth-order valence-electron chi connectivity index (χ4n) is 6.30. The number of aryl methyl sites for hydroxylation is 2. The molecule has 1 fully saturated rings. The molecule has 0 saturated carbocycles. The lowest BCUT2D eigenvalue weighted by Gasteiger charge is -2.40. The molecule has 1 heterocycles. The SMILES string of the molecule is O=c1c(Nc2ccc(OC(F)(F)F)cc2)c(N2CCCC(C3c4ccc(F)cc4CCc4cc(F)ccc43)C2)c1=O. The minimum atomic E-state index is -4.83. The van der Waals surface area contributed by atoms with Gasteiger partial charge in [0.15, 0.2) is 0 Å². The zero-order chi connectivity index (χ0) is 28.9. The van der Waals surface area contributed by atoms with E-state index in [1.807, 2.05) is 4.90 Å². The maximum Gasteiger partial charge on any atom is 0.573 e. The molecule has 1 aliphatic carbocycles. The average Bonchev–Trinajstić information content (AvgIpc) is 3.09. The van der Waals surface area contributed by atoms with Crippen LogP contribution >= 0.6 is 0 Å². The van der Waals surface area contributed by atoms with Gasteiger partial charge >= 0.3 is 6.36 Å². The molecule has 4 aromatic carbocycles. The zero-order valence-electron chi connectivity index (χ0n) is 21.7. The summed E-state index contributed by atoms with van der Waals surface area (Å²) in [6, 6.07) is 14.4. The standard InChI is InChI=1S/C31H25F5N2O3/c32-20-5-11-24-17(14-20)3-4-18-15-21(33)6-12-25(18)26(24)19-2-1-13-38(16-19)28-27(29(39)30(28)40)37-22-7-9-23(10-8-22)41-31(34,35)36/h5-12,14-15,19,26,37H,1-4,13,16H2. The molecule has 1 unspecified atom stereocenters. The van der Waals surface area contributed by atoms with E-state index in [4.69, 9.17) is 0 Å². The highest BCUT2D eigenvalue weighted by atomic mass is 19.4. The fourth-order valence-corrected chi connectivity index (χ4v) is 6.30. The van der Waals surface area contributed by atoms with Gasteiger partial charge in [0.1, 0.15) is 28.8 Å². The third kappa shape index (κ3) is 5.30. The van der Waals surface area contributed by atoms with Crippen molar-refractivity contribution >= 4 is 17.1 Å². The van der Waals surface area contributed by atoms with Crippen LogP contribution in [0, 0.1) is 17.6 Å². The second-order valence-corrected chi connectivity index (χ2v) is 10.6. The number of halogens is 5. The minimum Gasteiger partial charge on any atom is -0.406 e. The second-order valence-electron chi connectivity index (χ2n) is 10.6. The monoisotopic (exact) mass is 568 g/mol. The maximum atomic E-state index is 14.2. The molecule has 0 bridgehead atoms. The summed E-state index contributed by atoms with van der Waals surface area (Å²) in [5.41, 5.74) is 3.04. The van der Waals surface area contributed by atoms with Gasteiger partial charge in [0.2, 0.25) is 0 Å². The van der Waals surface area contributed by atoms with Crippen molar-refractivity contribution in [2.75, 3.05) is 23.3 Å². The Bertz CT molecular complexity index is 1620. The van der Waals surface area contributed by atoms with Crippen LogP contribution in [0.4, 0.5) is 39.0 Å². The molecule has 4 aromatic rings. The third-order valence-corrected chi connectivity index (χ3v) is 8.03. The summed E-state index contributed by atoms with van der Waals surface area (Å²) in [5.74, 6) is -1.23. The normalized spacial score (nSPS) is 17.6. The predicted octanol–water partition coefficient (Wildman–Crippen LogP) is 6.35. The summed E-state index contributed by atoms with van der Waals surface area (Å²) in [6.07, 6.45) is -2.12. The largest absolute Gasteiger partial charge is 0.573 e. The van der Waals surface area contributed by atoms with Gasteiger partial charge in [-0.3, -0.25) is 9.59 Å². The molecule has 10 heteroatoms. The molecule has 6 rings (SSSR count). The molecular formula is C31H25F5N2O3. The van der Waals surface area contributed by atoms with Crippen LogP contribution in [-0.2, 0) is 12.8 Å². The third-order valence-electron chi connectivity index (χ3n) is 8.03. The maximum absolute atomic E-state index is 14.2. The lowest BCUT2D eigenvalue weighted by atomic mass is 9.75. The van der Waals surface area contributed by atoms with Gasteiger partial charge in [-0.25, -0.2) is 8.78 Å². The highest BCUT2D eigenvalue weighted by molar-refractivity contribution is 5.80. The molecule has 212 valence electrons. The van der Waals surface area contributed by atoms with E-state index in [0.29, 0.717) is 31.6 Å². The van der Waals surface area contributed by atoms with Crippen LogP contribution in [-0.4, -0.2) is 19.5 Å². The number of anilines is 3. The van der Waals surface area contributed by atoms with Crippen LogP contribution in [0.1, 0.15) is 41.0 Å². The Labute approximate surface area is 231 Å². The summed E-state index contributed by atoms with van der Waals surface area (Å²) < 4.78 is 69.8. The summed E-state index contributed by atoms with van der Waals surface area (Å²) in [6.45, 7) is 0.976. The van der Waals surface area contributed by atoms with E-state index in [9.17, 15) is 31.5 Å². The van der Waals surface area contributed by atoms with Crippen LogP contribution in [0.2, 0.25) is 0 Å². The number of benzene rings is 3. The molecular weight excluding hydrogens is 543 g/mol. The van der Waals surface area contributed by atoms with Crippen LogP contribution in [0.3, 0.4) is 0 Å². The van der Waals surface area contributed by atoms with Crippen LogP contribution in [0.5, 0.6) is 5.75 Å². The van der Waals surface area contributed by atoms with E-state index in [1.54, 1.807) is 12.1 Å². The molecule has 1 saturated heterocycles. The van der Waals surface area contributed by atoms with E-state index in [-0.39, 0.29) is 34.8 Å². The van der Waals surface area contributed by atoms with Gasteiger partial charge in [-0.2, -0.15) is 0 Å². The van der Waals surface area contributed by atoms with Gasteiger partial charge in [-0.1, -0.05) is 12.1 Å². The lowest BCUT2D eigenvalue weighted by Crippen LogP contribution is -2.47. The summed E-state index contributed by atoms with van der Waals surface area (Å²) >= 11 is 0. The van der Waals surface area contributed by atoms with Gasteiger partial charge in [0.05, 0.1) is 0 Å². The van der Waals surface area contributed by atoms with E-state index in [2.05, 4.69) is 10.1 Å². The number of ether oxygens (including phenoxy) is 1. The number of rotatable bonds is 5. The first-order valence-electron chi connectivity index (χ1n) is 13.3. The molecule has 1 N–H and O–H groups in total. The Hall–Kier alpha value is -4.21. The first-order chi connectivity index (χ1) is 19.6. The van der Waals surface area contributed by atoms with Gasteiger partial charge in [0, 0.05) is 24.7 Å². The van der Waals surface area contributed by atoms with Gasteiger partial charge in [0.25, 0.3) is 10.9 Å². The molecule has 1 aliphatic heterocycles. The van der Waals surface area contributed by atoms with E-state index >= 15 is 0 Å². The number of nitrogens with zero attached hydrogens (tertiary/aromatic N) is 1. The van der Waals surface area contributed by atoms with Crippen molar-refractivity contribution in [1.82, 2.24) is 0 Å². The summed E-state index contributed by atoms with van der Waals surface area (Å²) in [7, 11) is 0. The molecule has 1 atom stereocenters. The van der Waals surface area contributed by atoms with Crippen molar-refractivity contribution in [1.29, 1.82) is 0 Å². The Morgan fingerprint density at radius 2 is 1.44 bits per heavy atom. The molecule has 0 spiro atoms. The van der Waals surface area contributed by atoms with E-state index in [1.165, 1.54) is 36.4 Å². The number of hydrogen-bond acceptors (Lipinski definition) is 5. The van der Waals surface area contributed by atoms with Crippen molar-refractivity contribution < 1.29 is 26.7 Å². The number of nitrogens with one attached hydrogen (secondary N) is 1. The van der Waals surface area contributed by atoms with Crippen molar-refractivity contribution in [2.24, 2.45) is 5.92 Å². The predicted molar refractivity (Wildman–Crippen MR) is 145 cm³/mol. The Morgan fingerprint density at radius 3 is 2.02 bits per heavy atom. The quantitative estimate of drug-likeness (QED) is 0.225. The first-order valence-corrected chi connectivity index (χ1v) is 13.3. The van der Waals surface area contributed by atoms with Crippen molar-refractivity contribution in [2.45, 2.75) is 38.0 Å². The van der Waals surface area contributed by atoms with Crippen LogP contribution < -0.4 is 25.8 Å². The Morgan fingerprint density at radius 1 is 0.829 bits per heavy atom. The van der Waals surface area contributed by atoms with Crippen molar-refractivity contribution in [3.05, 3.63) is 115 Å². The molecule has 41 heavy (non-hydrogen) atoms. The molecule has 5 nitrogen and oxygen atoms in total. The lowest BCUT2D eigenvalue weighted by molar-refractivity contribution is -0.274. The Kier molecular flexibility index (Phi) is 6.79. The van der Waals surface area contributed by atoms with Crippen molar-refractivity contribution in [3.63, 3.8) is 0 Å². The molecule has 0 aromatic heterocycles. The summed E-state index contributed by atoms with van der Waals surface area (Å²) in [5, 5.41) is 2.89. The number of fused-ring (bicyclic) bond motifs is 2. The topological polar surface area (TPSA) is 58.6 Å². The Balaban J connectivity index is 1.29. The number of piperidine rings is 1. The van der Waals surface area contributed by atoms with Crippen LogP contribution in [0.25, 0.3) is 0 Å². The van der Waals surface area contributed by atoms with E-state index in [0.717, 1.165) is 47.2 Å². The fraction of sp³-hybridized carbons (Fsp3) is 0.290. The smallest absolute Gasteiger partial charge is 0.406 e. The minimum absolute atomic E-state index is 0.00803. The molecule has 0 amide bonds. The number of hydrogen-bond donors (Lipinski definition) is 1. The average molecular weight is 569 g/mol. The highest BCUT2D eigenvalue weighted by Crippen LogP contribution is 2.43. The first kappa shape index (κ1) is 27.0. The summed E-state index contributed by atoms with van der Waals surface area (Å²) in [4.78, 5) is 27.2. The zero-order valence-corrected chi connectivity index (χ0v) is 21.7. The van der Waals surface area contributed by atoms with Crippen LogP contribution in [0.15, 0.2) is 70.3 Å². The number of alkyl halides is 3.